The van der Waals surface area contributed by atoms with Crippen LogP contribution in [0.2, 0.25) is 5.02 Å². The number of hydrogen-bond donors (Lipinski definition) is 0. The summed E-state index contributed by atoms with van der Waals surface area (Å²) in [6.45, 7) is 2.54. The predicted molar refractivity (Wildman–Crippen MR) is 67.5 cm³/mol. The average Bonchev–Trinajstić information content (AvgIpc) is 2.36. The Morgan fingerprint density at radius 1 is 1.50 bits per heavy atom. The van der Waals surface area contributed by atoms with Crippen LogP contribution < -0.4 is 4.74 Å². The first-order valence-corrected chi connectivity index (χ1v) is 6.03. The van der Waals surface area contributed by atoms with Gasteiger partial charge in [0.25, 0.3) is 0 Å². The van der Waals surface area contributed by atoms with E-state index in [1.54, 1.807) is 25.1 Å². The molecule has 1 rings (SSSR count). The molecule has 0 heterocycles. The topological polar surface area (TPSA) is 59.3 Å². The van der Waals surface area contributed by atoms with Gasteiger partial charge in [0.2, 0.25) is 0 Å². The molecule has 0 unspecified atom stereocenters. The van der Waals surface area contributed by atoms with E-state index in [4.69, 9.17) is 26.3 Å². The lowest BCUT2D eigenvalue weighted by atomic mass is 10.2. The largest absolute Gasteiger partial charge is 0.492 e. The van der Waals surface area contributed by atoms with Gasteiger partial charge in [-0.1, -0.05) is 11.6 Å². The molecule has 18 heavy (non-hydrogen) atoms. The number of ether oxygens (including phenoxy) is 2. The minimum absolute atomic E-state index is 0.230. The predicted octanol–water partition coefficient (Wildman–Crippen LogP) is 2.93. The lowest BCUT2D eigenvalue weighted by Gasteiger charge is -2.07. The molecule has 0 N–H and O–H groups in total. The Morgan fingerprint density at radius 2 is 2.28 bits per heavy atom. The van der Waals surface area contributed by atoms with Crippen LogP contribution >= 0.6 is 11.6 Å². The van der Waals surface area contributed by atoms with E-state index in [1.807, 2.05) is 6.07 Å². The van der Waals surface area contributed by atoms with Crippen molar-refractivity contribution in [1.29, 1.82) is 5.26 Å². The summed E-state index contributed by atoms with van der Waals surface area (Å²) in [4.78, 5) is 11.1. The summed E-state index contributed by atoms with van der Waals surface area (Å²) < 4.78 is 10.2. The highest BCUT2D eigenvalue weighted by molar-refractivity contribution is 6.32. The summed E-state index contributed by atoms with van der Waals surface area (Å²) in [7, 11) is 0. The van der Waals surface area contributed by atoms with Gasteiger partial charge in [0, 0.05) is 6.42 Å². The number of halogens is 1. The molecule has 0 aliphatic carbocycles. The van der Waals surface area contributed by atoms with Crippen molar-refractivity contribution in [1.82, 2.24) is 0 Å². The van der Waals surface area contributed by atoms with E-state index in [2.05, 4.69) is 0 Å². The fourth-order valence-electron chi connectivity index (χ4n) is 1.32. The van der Waals surface area contributed by atoms with E-state index in [0.717, 1.165) is 0 Å². The van der Waals surface area contributed by atoms with E-state index in [9.17, 15) is 4.79 Å². The summed E-state index contributed by atoms with van der Waals surface area (Å²) in [5, 5.41) is 9.07. The number of nitrogens with zero attached hydrogens (tertiary/aromatic N) is 1. The lowest BCUT2D eigenvalue weighted by molar-refractivity contribution is -0.143. The van der Waals surface area contributed by atoms with Gasteiger partial charge in [0.15, 0.2) is 0 Å². The highest BCUT2D eigenvalue weighted by Crippen LogP contribution is 2.25. The van der Waals surface area contributed by atoms with Crippen LogP contribution in [0.3, 0.4) is 0 Å². The van der Waals surface area contributed by atoms with Crippen LogP contribution in [0.1, 0.15) is 25.3 Å². The van der Waals surface area contributed by atoms with Crippen LogP contribution in [0.4, 0.5) is 0 Å². The Balaban J connectivity index is 2.36. The first-order chi connectivity index (χ1) is 8.67. The van der Waals surface area contributed by atoms with E-state index >= 15 is 0 Å². The van der Waals surface area contributed by atoms with Gasteiger partial charge in [-0.15, -0.1) is 0 Å². The molecule has 0 aromatic heterocycles. The number of rotatable bonds is 6. The van der Waals surface area contributed by atoms with Crippen molar-refractivity contribution in [3.05, 3.63) is 28.8 Å². The summed E-state index contributed by atoms with van der Waals surface area (Å²) >= 11 is 5.93. The van der Waals surface area contributed by atoms with Gasteiger partial charge in [-0.2, -0.15) is 5.26 Å². The van der Waals surface area contributed by atoms with Crippen LogP contribution in [0.5, 0.6) is 5.75 Å². The standard InChI is InChI=1S/C13H14ClNO3/c1-2-17-13(16)4-3-7-18-12-6-5-10(9-15)8-11(12)14/h5-6,8H,2-4,7H2,1H3. The van der Waals surface area contributed by atoms with Gasteiger partial charge in [0.05, 0.1) is 29.9 Å². The highest BCUT2D eigenvalue weighted by atomic mass is 35.5. The Morgan fingerprint density at radius 3 is 2.89 bits per heavy atom. The Kier molecular flexibility index (Phi) is 6.03. The molecule has 0 amide bonds. The maximum atomic E-state index is 11.1. The average molecular weight is 268 g/mol. The third kappa shape index (κ3) is 4.64. The second-order valence-electron chi connectivity index (χ2n) is 3.51. The van der Waals surface area contributed by atoms with E-state index in [0.29, 0.717) is 42.4 Å². The molecular weight excluding hydrogens is 254 g/mol. The van der Waals surface area contributed by atoms with E-state index in [-0.39, 0.29) is 5.97 Å². The highest BCUT2D eigenvalue weighted by Gasteiger charge is 2.04. The number of nitriles is 1. The van der Waals surface area contributed by atoms with Crippen molar-refractivity contribution in [2.45, 2.75) is 19.8 Å². The molecule has 0 saturated heterocycles. The minimum atomic E-state index is -0.230. The molecule has 0 radical (unpaired) electrons. The smallest absolute Gasteiger partial charge is 0.305 e. The van der Waals surface area contributed by atoms with Gasteiger partial charge in [-0.25, -0.2) is 0 Å². The van der Waals surface area contributed by atoms with Gasteiger partial charge >= 0.3 is 5.97 Å². The maximum Gasteiger partial charge on any atom is 0.305 e. The van der Waals surface area contributed by atoms with Crippen molar-refractivity contribution in [2.24, 2.45) is 0 Å². The quantitative estimate of drug-likeness (QED) is 0.587. The Hall–Kier alpha value is -1.73. The zero-order valence-corrected chi connectivity index (χ0v) is 10.9. The molecule has 0 fully saturated rings. The minimum Gasteiger partial charge on any atom is -0.492 e. The van der Waals surface area contributed by atoms with Gasteiger partial charge in [-0.05, 0) is 31.5 Å². The summed E-state index contributed by atoms with van der Waals surface area (Å²) in [6.07, 6.45) is 0.886. The van der Waals surface area contributed by atoms with Crippen LogP contribution in [0.25, 0.3) is 0 Å². The number of carbonyl (C=O) groups excluding carboxylic acids is 1. The zero-order valence-electron chi connectivity index (χ0n) is 10.1. The Labute approximate surface area is 111 Å². The van der Waals surface area contributed by atoms with Gasteiger partial charge in [-0.3, -0.25) is 4.79 Å². The third-order valence-electron chi connectivity index (χ3n) is 2.15. The second kappa shape index (κ2) is 7.57. The fraction of sp³-hybridized carbons (Fsp3) is 0.385. The second-order valence-corrected chi connectivity index (χ2v) is 3.92. The molecule has 5 heteroatoms. The van der Waals surface area contributed by atoms with Crippen molar-refractivity contribution in [2.75, 3.05) is 13.2 Å². The Bertz CT molecular complexity index is 454. The lowest BCUT2D eigenvalue weighted by Crippen LogP contribution is -2.06. The molecule has 1 aromatic carbocycles. The molecule has 96 valence electrons. The normalized spacial score (nSPS) is 9.61. The molecule has 1 aromatic rings. The summed E-state index contributed by atoms with van der Waals surface area (Å²) in [5.41, 5.74) is 0.485. The fourth-order valence-corrected chi connectivity index (χ4v) is 1.55. The van der Waals surface area contributed by atoms with E-state index < -0.39 is 0 Å². The maximum absolute atomic E-state index is 11.1. The van der Waals surface area contributed by atoms with E-state index in [1.165, 1.54) is 0 Å². The molecule has 0 aliphatic heterocycles. The third-order valence-corrected chi connectivity index (χ3v) is 2.44. The molecule has 0 bridgehead atoms. The van der Waals surface area contributed by atoms with Gasteiger partial charge in [0.1, 0.15) is 5.75 Å². The molecule has 0 atom stereocenters. The van der Waals surface area contributed by atoms with Crippen LogP contribution in [0.15, 0.2) is 18.2 Å². The summed E-state index contributed by atoms with van der Waals surface area (Å²) in [6, 6.07) is 6.81. The molecular formula is C13H14ClNO3. The zero-order chi connectivity index (χ0) is 13.4. The van der Waals surface area contributed by atoms with Gasteiger partial charge < -0.3 is 9.47 Å². The molecule has 0 aliphatic rings. The first kappa shape index (κ1) is 14.3. The molecule has 4 nitrogen and oxygen atoms in total. The molecule has 0 saturated carbocycles. The van der Waals surface area contributed by atoms with Crippen molar-refractivity contribution < 1.29 is 14.3 Å². The first-order valence-electron chi connectivity index (χ1n) is 5.65. The SMILES string of the molecule is CCOC(=O)CCCOc1ccc(C#N)cc1Cl. The molecule has 0 spiro atoms. The van der Waals surface area contributed by atoms with Crippen LogP contribution in [-0.4, -0.2) is 19.2 Å². The number of carbonyl (C=O) groups is 1. The van der Waals surface area contributed by atoms with Crippen LogP contribution in [-0.2, 0) is 9.53 Å². The number of benzene rings is 1. The number of hydrogen-bond acceptors (Lipinski definition) is 4. The number of esters is 1. The van der Waals surface area contributed by atoms with Crippen LogP contribution in [0, 0.1) is 11.3 Å². The van der Waals surface area contributed by atoms with Crippen molar-refractivity contribution in [3.8, 4) is 11.8 Å². The van der Waals surface area contributed by atoms with Crippen molar-refractivity contribution in [3.63, 3.8) is 0 Å². The van der Waals surface area contributed by atoms with Crippen molar-refractivity contribution >= 4 is 17.6 Å². The monoisotopic (exact) mass is 267 g/mol. The summed E-state index contributed by atoms with van der Waals surface area (Å²) in [5.74, 6) is 0.284.